The Hall–Kier alpha value is -1.43. The van der Waals surface area contributed by atoms with Gasteiger partial charge in [-0.1, -0.05) is 73.8 Å². The standard InChI is InChI=1S/C16H18Cl3N3O2/c1-15(2,3)12-9-13(24-14(23)20-10-16(17,18)19)22(21-12)11-7-5-4-6-8-11/h4-9H,10H2,1-3H3,(H,20,23). The molecule has 0 aliphatic heterocycles. The summed E-state index contributed by atoms with van der Waals surface area (Å²) in [5, 5.41) is 6.95. The Bertz CT molecular complexity index is 704. The largest absolute Gasteiger partial charge is 0.414 e. The van der Waals surface area contributed by atoms with Crippen molar-refractivity contribution in [2.24, 2.45) is 0 Å². The van der Waals surface area contributed by atoms with Crippen LogP contribution in [0, 0.1) is 0 Å². The first kappa shape index (κ1) is 18.9. The highest BCUT2D eigenvalue weighted by Crippen LogP contribution is 2.28. The predicted octanol–water partition coefficient (Wildman–Crippen LogP) is 4.63. The van der Waals surface area contributed by atoms with Gasteiger partial charge in [0.25, 0.3) is 0 Å². The summed E-state index contributed by atoms with van der Waals surface area (Å²) >= 11 is 16.8. The average Bonchev–Trinajstić information content (AvgIpc) is 2.89. The summed E-state index contributed by atoms with van der Waals surface area (Å²) < 4.78 is 5.32. The quantitative estimate of drug-likeness (QED) is 0.777. The van der Waals surface area contributed by atoms with Gasteiger partial charge in [0.05, 0.1) is 17.9 Å². The van der Waals surface area contributed by atoms with Gasteiger partial charge < -0.3 is 10.1 Å². The van der Waals surface area contributed by atoms with E-state index in [4.69, 9.17) is 39.5 Å². The molecule has 130 valence electrons. The van der Waals surface area contributed by atoms with E-state index in [1.165, 1.54) is 0 Å². The summed E-state index contributed by atoms with van der Waals surface area (Å²) in [6, 6.07) is 11.1. The molecule has 0 fully saturated rings. The van der Waals surface area contributed by atoms with Crippen molar-refractivity contribution < 1.29 is 9.53 Å². The second-order valence-electron chi connectivity index (χ2n) is 6.22. The van der Waals surface area contributed by atoms with Crippen molar-refractivity contribution in [1.82, 2.24) is 15.1 Å². The molecule has 8 heteroatoms. The van der Waals surface area contributed by atoms with Crippen LogP contribution in [0.15, 0.2) is 36.4 Å². The van der Waals surface area contributed by atoms with Gasteiger partial charge in [-0.25, -0.2) is 9.48 Å². The van der Waals surface area contributed by atoms with Crippen molar-refractivity contribution in [3.63, 3.8) is 0 Å². The number of hydrogen-bond donors (Lipinski definition) is 1. The van der Waals surface area contributed by atoms with E-state index >= 15 is 0 Å². The number of rotatable bonds is 3. The molecule has 1 heterocycles. The fourth-order valence-corrected chi connectivity index (χ4v) is 2.06. The van der Waals surface area contributed by atoms with Crippen LogP contribution in [0.2, 0.25) is 0 Å². The molecule has 0 radical (unpaired) electrons. The molecule has 0 aliphatic rings. The van der Waals surface area contributed by atoms with Crippen LogP contribution in [-0.2, 0) is 5.41 Å². The first-order valence-electron chi connectivity index (χ1n) is 7.25. The lowest BCUT2D eigenvalue weighted by Gasteiger charge is -2.13. The number of para-hydroxylation sites is 1. The summed E-state index contributed by atoms with van der Waals surface area (Å²) in [4.78, 5) is 12.0. The molecule has 0 spiro atoms. The molecule has 24 heavy (non-hydrogen) atoms. The number of benzene rings is 1. The zero-order chi connectivity index (χ0) is 18.0. The zero-order valence-corrected chi connectivity index (χ0v) is 15.8. The lowest BCUT2D eigenvalue weighted by Crippen LogP contribution is -2.34. The maximum atomic E-state index is 12.0. The Morgan fingerprint density at radius 2 is 1.83 bits per heavy atom. The van der Waals surface area contributed by atoms with Crippen LogP contribution >= 0.6 is 34.8 Å². The van der Waals surface area contributed by atoms with Crippen LogP contribution in [0.3, 0.4) is 0 Å². The smallest absolute Gasteiger partial charge is 0.391 e. The van der Waals surface area contributed by atoms with E-state index in [0.29, 0.717) is 0 Å². The van der Waals surface area contributed by atoms with Gasteiger partial charge in [0, 0.05) is 11.5 Å². The van der Waals surface area contributed by atoms with E-state index in [0.717, 1.165) is 11.4 Å². The SMILES string of the molecule is CC(C)(C)c1cc(OC(=O)NCC(Cl)(Cl)Cl)n(-c2ccccc2)n1. The molecule has 0 bridgehead atoms. The van der Waals surface area contributed by atoms with Crippen molar-refractivity contribution in [1.29, 1.82) is 0 Å². The fraction of sp³-hybridized carbons (Fsp3) is 0.375. The molecule has 2 aromatic rings. The molecular formula is C16H18Cl3N3O2. The number of nitrogens with zero attached hydrogens (tertiary/aromatic N) is 2. The third-order valence-electron chi connectivity index (χ3n) is 3.08. The molecule has 1 aromatic heterocycles. The van der Waals surface area contributed by atoms with Gasteiger partial charge in [-0.3, -0.25) is 0 Å². The molecule has 1 amide bonds. The molecule has 5 nitrogen and oxygen atoms in total. The van der Waals surface area contributed by atoms with Crippen molar-refractivity contribution in [3.05, 3.63) is 42.1 Å². The number of nitrogens with one attached hydrogen (secondary N) is 1. The number of aromatic nitrogens is 2. The highest BCUT2D eigenvalue weighted by Gasteiger charge is 2.24. The Morgan fingerprint density at radius 1 is 1.21 bits per heavy atom. The maximum absolute atomic E-state index is 12.0. The van der Waals surface area contributed by atoms with Crippen molar-refractivity contribution >= 4 is 40.9 Å². The van der Waals surface area contributed by atoms with E-state index in [1.54, 1.807) is 10.7 Å². The lowest BCUT2D eigenvalue weighted by molar-refractivity contribution is 0.197. The maximum Gasteiger partial charge on any atom is 0.414 e. The van der Waals surface area contributed by atoms with Crippen LogP contribution < -0.4 is 10.1 Å². The number of carbonyl (C=O) groups excluding carboxylic acids is 1. The van der Waals surface area contributed by atoms with E-state index in [1.807, 2.05) is 51.1 Å². The molecule has 0 aliphatic carbocycles. The van der Waals surface area contributed by atoms with Gasteiger partial charge in [-0.15, -0.1) is 0 Å². The summed E-state index contributed by atoms with van der Waals surface area (Å²) in [6.07, 6.45) is -0.723. The Labute approximate surface area is 155 Å². The minimum absolute atomic E-state index is 0.165. The Balaban J connectivity index is 2.28. The second kappa shape index (κ2) is 7.21. The van der Waals surface area contributed by atoms with Crippen molar-refractivity contribution in [2.75, 3.05) is 6.54 Å². The molecule has 1 N–H and O–H groups in total. The van der Waals surface area contributed by atoms with Gasteiger partial charge in [0.2, 0.25) is 9.67 Å². The number of hydrogen-bond acceptors (Lipinski definition) is 3. The van der Waals surface area contributed by atoms with Gasteiger partial charge in [0.15, 0.2) is 0 Å². The summed E-state index contributed by atoms with van der Waals surface area (Å²) in [5.74, 6) is 0.285. The van der Waals surface area contributed by atoms with E-state index in [9.17, 15) is 4.79 Å². The van der Waals surface area contributed by atoms with Gasteiger partial charge in [0.1, 0.15) is 0 Å². The highest BCUT2D eigenvalue weighted by molar-refractivity contribution is 6.67. The van der Waals surface area contributed by atoms with E-state index in [-0.39, 0.29) is 17.8 Å². The topological polar surface area (TPSA) is 56.1 Å². The monoisotopic (exact) mass is 389 g/mol. The van der Waals surface area contributed by atoms with Gasteiger partial charge >= 0.3 is 6.09 Å². The molecule has 0 atom stereocenters. The molecule has 0 saturated heterocycles. The summed E-state index contributed by atoms with van der Waals surface area (Å²) in [7, 11) is 0. The second-order valence-corrected chi connectivity index (χ2v) is 8.74. The number of ether oxygens (including phenoxy) is 1. The Kier molecular flexibility index (Phi) is 5.68. The molecule has 0 unspecified atom stereocenters. The third kappa shape index (κ3) is 5.30. The van der Waals surface area contributed by atoms with Crippen molar-refractivity contribution in [3.8, 4) is 11.6 Å². The molecule has 1 aromatic carbocycles. The summed E-state index contributed by atoms with van der Waals surface area (Å²) in [5.41, 5.74) is 1.36. The molecule has 0 saturated carbocycles. The van der Waals surface area contributed by atoms with Crippen LogP contribution in [0.5, 0.6) is 5.88 Å². The predicted molar refractivity (Wildman–Crippen MR) is 96.6 cm³/mol. The minimum atomic E-state index is -1.59. The zero-order valence-electron chi connectivity index (χ0n) is 13.5. The van der Waals surface area contributed by atoms with Gasteiger partial charge in [-0.05, 0) is 12.1 Å². The Morgan fingerprint density at radius 3 is 2.38 bits per heavy atom. The number of carbonyl (C=O) groups is 1. The first-order chi connectivity index (χ1) is 11.1. The van der Waals surface area contributed by atoms with E-state index < -0.39 is 9.89 Å². The fourth-order valence-electron chi connectivity index (χ4n) is 1.86. The summed E-state index contributed by atoms with van der Waals surface area (Å²) in [6.45, 7) is 5.91. The van der Waals surface area contributed by atoms with Crippen LogP contribution in [-0.4, -0.2) is 26.2 Å². The first-order valence-corrected chi connectivity index (χ1v) is 8.38. The number of amides is 1. The molecular weight excluding hydrogens is 373 g/mol. The van der Waals surface area contributed by atoms with Gasteiger partial charge in [-0.2, -0.15) is 5.10 Å². The van der Waals surface area contributed by atoms with Crippen LogP contribution in [0.25, 0.3) is 5.69 Å². The van der Waals surface area contributed by atoms with Crippen molar-refractivity contribution in [2.45, 2.75) is 30.0 Å². The highest BCUT2D eigenvalue weighted by atomic mass is 35.6. The number of halogens is 3. The number of alkyl halides is 3. The molecule has 2 rings (SSSR count). The normalized spacial score (nSPS) is 12.1. The average molecular weight is 391 g/mol. The minimum Gasteiger partial charge on any atom is -0.391 e. The van der Waals surface area contributed by atoms with E-state index in [2.05, 4.69) is 10.4 Å². The third-order valence-corrected chi connectivity index (χ3v) is 3.48. The lowest BCUT2D eigenvalue weighted by atomic mass is 9.93. The van der Waals surface area contributed by atoms with Crippen LogP contribution in [0.4, 0.5) is 4.79 Å². The van der Waals surface area contributed by atoms with Crippen LogP contribution in [0.1, 0.15) is 26.5 Å².